The number of carbonyl (C=O) groups excluding carboxylic acids is 1. The van der Waals surface area contributed by atoms with E-state index in [0.29, 0.717) is 17.8 Å². The van der Waals surface area contributed by atoms with E-state index in [1.54, 1.807) is 17.9 Å². The summed E-state index contributed by atoms with van der Waals surface area (Å²) >= 11 is 0. The highest BCUT2D eigenvalue weighted by Crippen LogP contribution is 2.24. The highest BCUT2D eigenvalue weighted by atomic mass is 16.3. The molecular weight excluding hydrogens is 316 g/mol. The van der Waals surface area contributed by atoms with Crippen molar-refractivity contribution >= 4 is 11.6 Å². The Hall–Kier alpha value is -2.99. The summed E-state index contributed by atoms with van der Waals surface area (Å²) in [6.07, 6.45) is 3.13. The van der Waals surface area contributed by atoms with Crippen LogP contribution in [0, 0.1) is 0 Å². The van der Waals surface area contributed by atoms with Crippen molar-refractivity contribution in [2.45, 2.75) is 25.5 Å². The molecular formula is C19H20N4O2. The third kappa shape index (κ3) is 4.51. The fraction of sp³-hybridized carbons (Fsp3) is 0.211. The molecule has 128 valence electrons. The lowest BCUT2D eigenvalue weighted by Crippen LogP contribution is -2.28. The first-order valence-corrected chi connectivity index (χ1v) is 8.02. The van der Waals surface area contributed by atoms with Crippen LogP contribution in [0.15, 0.2) is 67.3 Å². The Bertz CT molecular complexity index is 812. The van der Waals surface area contributed by atoms with Crippen molar-refractivity contribution < 1.29 is 9.90 Å². The summed E-state index contributed by atoms with van der Waals surface area (Å²) in [5.41, 5.74) is 1.25. The molecule has 0 saturated carbocycles. The van der Waals surface area contributed by atoms with Gasteiger partial charge in [0.1, 0.15) is 12.7 Å². The van der Waals surface area contributed by atoms with Crippen LogP contribution in [0.1, 0.15) is 24.5 Å². The van der Waals surface area contributed by atoms with Crippen LogP contribution in [0.4, 0.5) is 5.69 Å². The predicted molar refractivity (Wildman–Crippen MR) is 94.8 cm³/mol. The number of amides is 1. The number of aliphatic hydroxyl groups is 1. The molecule has 1 amide bonds. The van der Waals surface area contributed by atoms with Gasteiger partial charge in [-0.2, -0.15) is 5.10 Å². The summed E-state index contributed by atoms with van der Waals surface area (Å²) < 4.78 is 1.73. The Morgan fingerprint density at radius 2 is 1.88 bits per heavy atom. The van der Waals surface area contributed by atoms with Crippen LogP contribution in [0.2, 0.25) is 0 Å². The molecule has 0 bridgehead atoms. The van der Waals surface area contributed by atoms with Crippen molar-refractivity contribution in [1.29, 1.82) is 0 Å². The predicted octanol–water partition coefficient (Wildman–Crippen LogP) is 2.56. The van der Waals surface area contributed by atoms with E-state index in [0.717, 1.165) is 5.56 Å². The Kier molecular flexibility index (Phi) is 4.90. The SMILES string of the molecule is CC(O)(CC(=O)Nc1ccc(Cn2cncn2)cc1)c1ccccc1. The van der Waals surface area contributed by atoms with E-state index in [9.17, 15) is 9.90 Å². The van der Waals surface area contributed by atoms with Gasteiger partial charge >= 0.3 is 0 Å². The molecule has 0 fully saturated rings. The van der Waals surface area contributed by atoms with Crippen molar-refractivity contribution in [2.24, 2.45) is 0 Å². The first kappa shape index (κ1) is 16.9. The zero-order chi connectivity index (χ0) is 17.7. The highest BCUT2D eigenvalue weighted by molar-refractivity contribution is 5.91. The molecule has 2 N–H and O–H groups in total. The van der Waals surface area contributed by atoms with Gasteiger partial charge in [0.05, 0.1) is 18.6 Å². The zero-order valence-corrected chi connectivity index (χ0v) is 14.0. The molecule has 25 heavy (non-hydrogen) atoms. The molecule has 0 aliphatic rings. The van der Waals surface area contributed by atoms with Gasteiger partial charge in [-0.3, -0.25) is 4.79 Å². The number of hydrogen-bond donors (Lipinski definition) is 2. The topological polar surface area (TPSA) is 80.0 Å². The summed E-state index contributed by atoms with van der Waals surface area (Å²) in [4.78, 5) is 16.2. The van der Waals surface area contributed by atoms with Crippen LogP contribution in [-0.2, 0) is 16.9 Å². The molecule has 0 aliphatic carbocycles. The number of anilines is 1. The maximum absolute atomic E-state index is 12.2. The van der Waals surface area contributed by atoms with E-state index in [-0.39, 0.29) is 12.3 Å². The van der Waals surface area contributed by atoms with Gasteiger partial charge in [0, 0.05) is 5.69 Å². The minimum Gasteiger partial charge on any atom is -0.385 e. The normalized spacial score (nSPS) is 13.2. The van der Waals surface area contributed by atoms with Crippen molar-refractivity contribution in [3.8, 4) is 0 Å². The second kappa shape index (κ2) is 7.27. The fourth-order valence-corrected chi connectivity index (χ4v) is 2.61. The molecule has 0 radical (unpaired) electrons. The number of aromatic nitrogens is 3. The number of hydrogen-bond acceptors (Lipinski definition) is 4. The minimum absolute atomic E-state index is 0.0161. The largest absolute Gasteiger partial charge is 0.385 e. The van der Waals surface area contributed by atoms with E-state index in [1.807, 2.05) is 54.6 Å². The Labute approximate surface area is 146 Å². The van der Waals surface area contributed by atoms with Crippen LogP contribution in [0.25, 0.3) is 0 Å². The molecule has 3 rings (SSSR count). The minimum atomic E-state index is -1.21. The molecule has 0 aliphatic heterocycles. The van der Waals surface area contributed by atoms with E-state index < -0.39 is 5.60 Å². The van der Waals surface area contributed by atoms with Gasteiger partial charge in [0.25, 0.3) is 0 Å². The number of benzene rings is 2. The van der Waals surface area contributed by atoms with Crippen molar-refractivity contribution in [3.63, 3.8) is 0 Å². The van der Waals surface area contributed by atoms with E-state index >= 15 is 0 Å². The lowest BCUT2D eigenvalue weighted by molar-refractivity contribution is -0.120. The summed E-state index contributed by atoms with van der Waals surface area (Å²) in [5.74, 6) is -0.238. The van der Waals surface area contributed by atoms with Crippen LogP contribution in [-0.4, -0.2) is 25.8 Å². The first-order chi connectivity index (χ1) is 12.0. The van der Waals surface area contributed by atoms with Gasteiger partial charge in [-0.05, 0) is 30.2 Å². The summed E-state index contributed by atoms with van der Waals surface area (Å²) in [6, 6.07) is 16.7. The van der Waals surface area contributed by atoms with Gasteiger partial charge in [-0.15, -0.1) is 0 Å². The van der Waals surface area contributed by atoms with Crippen LogP contribution in [0.3, 0.4) is 0 Å². The zero-order valence-electron chi connectivity index (χ0n) is 14.0. The first-order valence-electron chi connectivity index (χ1n) is 8.02. The molecule has 1 aromatic heterocycles. The average molecular weight is 336 g/mol. The lowest BCUT2D eigenvalue weighted by atomic mass is 9.92. The molecule has 6 heteroatoms. The smallest absolute Gasteiger partial charge is 0.227 e. The third-order valence-corrected chi connectivity index (χ3v) is 3.95. The fourth-order valence-electron chi connectivity index (χ4n) is 2.61. The third-order valence-electron chi connectivity index (χ3n) is 3.95. The molecule has 2 aromatic carbocycles. The van der Waals surface area contributed by atoms with Crippen molar-refractivity contribution in [1.82, 2.24) is 14.8 Å². The van der Waals surface area contributed by atoms with Gasteiger partial charge in [-0.1, -0.05) is 42.5 Å². The van der Waals surface area contributed by atoms with Gasteiger partial charge < -0.3 is 10.4 Å². The maximum atomic E-state index is 12.2. The van der Waals surface area contributed by atoms with Crippen LogP contribution >= 0.6 is 0 Å². The number of nitrogens with one attached hydrogen (secondary N) is 1. The standard InChI is InChI=1S/C19H20N4O2/c1-19(25,16-5-3-2-4-6-16)11-18(24)22-17-9-7-15(8-10-17)12-23-14-20-13-21-23/h2-10,13-14,25H,11-12H2,1H3,(H,22,24). The van der Waals surface area contributed by atoms with E-state index in [1.165, 1.54) is 6.33 Å². The average Bonchev–Trinajstić information content (AvgIpc) is 3.10. The van der Waals surface area contributed by atoms with E-state index in [2.05, 4.69) is 15.4 Å². The van der Waals surface area contributed by atoms with Gasteiger partial charge in [0.15, 0.2) is 0 Å². The maximum Gasteiger partial charge on any atom is 0.227 e. The number of carbonyl (C=O) groups is 1. The molecule has 3 aromatic rings. The van der Waals surface area contributed by atoms with E-state index in [4.69, 9.17) is 0 Å². The Morgan fingerprint density at radius 3 is 2.52 bits per heavy atom. The van der Waals surface area contributed by atoms with Gasteiger partial charge in [-0.25, -0.2) is 9.67 Å². The molecule has 0 saturated heterocycles. The summed E-state index contributed by atoms with van der Waals surface area (Å²) in [7, 11) is 0. The Morgan fingerprint density at radius 1 is 1.16 bits per heavy atom. The van der Waals surface area contributed by atoms with Gasteiger partial charge in [0.2, 0.25) is 5.91 Å². The molecule has 1 heterocycles. The monoisotopic (exact) mass is 336 g/mol. The van der Waals surface area contributed by atoms with Crippen LogP contribution in [0.5, 0.6) is 0 Å². The highest BCUT2D eigenvalue weighted by Gasteiger charge is 2.26. The lowest BCUT2D eigenvalue weighted by Gasteiger charge is -2.23. The molecule has 0 spiro atoms. The van der Waals surface area contributed by atoms with Crippen molar-refractivity contribution in [2.75, 3.05) is 5.32 Å². The molecule has 1 unspecified atom stereocenters. The summed E-state index contributed by atoms with van der Waals surface area (Å²) in [5, 5.41) is 17.4. The summed E-state index contributed by atoms with van der Waals surface area (Å²) in [6.45, 7) is 2.26. The quantitative estimate of drug-likeness (QED) is 0.725. The second-order valence-corrected chi connectivity index (χ2v) is 6.15. The van der Waals surface area contributed by atoms with Crippen LogP contribution < -0.4 is 5.32 Å². The number of rotatable bonds is 6. The molecule has 6 nitrogen and oxygen atoms in total. The second-order valence-electron chi connectivity index (χ2n) is 6.15. The number of nitrogens with zero attached hydrogens (tertiary/aromatic N) is 3. The molecule has 1 atom stereocenters. The van der Waals surface area contributed by atoms with Crippen molar-refractivity contribution in [3.05, 3.63) is 78.4 Å². The Balaban J connectivity index is 1.59.